The molecule has 146 valence electrons. The van der Waals surface area contributed by atoms with Gasteiger partial charge < -0.3 is 20.9 Å². The number of benzene rings is 1. The lowest BCUT2D eigenvalue weighted by atomic mass is 10.0. The highest BCUT2D eigenvalue weighted by Crippen LogP contribution is 2.20. The Bertz CT molecular complexity index is 645. The Morgan fingerprint density at radius 3 is 2.27 bits per heavy atom. The summed E-state index contributed by atoms with van der Waals surface area (Å²) < 4.78 is 32.1. The summed E-state index contributed by atoms with van der Waals surface area (Å²) in [6, 6.07) is 8.24. The second-order valence-corrected chi connectivity index (χ2v) is 7.45. The van der Waals surface area contributed by atoms with E-state index < -0.39 is 40.5 Å². The van der Waals surface area contributed by atoms with Gasteiger partial charge in [-0.3, -0.25) is 14.1 Å². The van der Waals surface area contributed by atoms with Crippen LogP contribution in [0.3, 0.4) is 0 Å². The number of para-hydroxylation sites is 1. The number of ether oxygens (including phenoxy) is 2. The molecule has 0 fully saturated rings. The van der Waals surface area contributed by atoms with E-state index in [0.29, 0.717) is 0 Å². The number of carbonyl (C=O) groups excluding carboxylic acids is 2. The molecule has 0 saturated heterocycles. The van der Waals surface area contributed by atoms with Crippen molar-refractivity contribution in [1.82, 2.24) is 4.72 Å². The third-order valence-corrected chi connectivity index (χ3v) is 3.62. The van der Waals surface area contributed by atoms with E-state index >= 15 is 0 Å². The fourth-order valence-corrected chi connectivity index (χ4v) is 2.40. The smallest absolute Gasteiger partial charge is 0.325 e. The summed E-state index contributed by atoms with van der Waals surface area (Å²) >= 11 is -2.45. The molecule has 2 unspecified atom stereocenters. The minimum Gasteiger partial charge on any atom is -0.459 e. The maximum Gasteiger partial charge on any atom is 0.325 e. The highest BCUT2D eigenvalue weighted by molar-refractivity contribution is 7.77. The fourth-order valence-electron chi connectivity index (χ4n) is 1.98. The summed E-state index contributed by atoms with van der Waals surface area (Å²) in [4.78, 5) is 24.8. The summed E-state index contributed by atoms with van der Waals surface area (Å²) in [5.74, 6) is -4.40. The number of rotatable bonds is 8. The molecule has 0 heterocycles. The summed E-state index contributed by atoms with van der Waals surface area (Å²) in [5.41, 5.74) is 10.5. The summed E-state index contributed by atoms with van der Waals surface area (Å²) in [5, 5.41) is 0. The SMILES string of the molecule is CC(C)(C)OC(=O)C(CCC(N)(N)NS(=O)O)C(=O)Oc1ccccc1. The largest absolute Gasteiger partial charge is 0.459 e. The predicted molar refractivity (Wildman–Crippen MR) is 95.7 cm³/mol. The van der Waals surface area contributed by atoms with Crippen molar-refractivity contribution in [3.63, 3.8) is 0 Å². The number of esters is 2. The lowest BCUT2D eigenvalue weighted by Crippen LogP contribution is -2.61. The molecule has 0 aliphatic heterocycles. The first-order valence-electron chi connectivity index (χ1n) is 7.86. The Morgan fingerprint density at radius 1 is 1.19 bits per heavy atom. The molecule has 0 spiro atoms. The quantitative estimate of drug-likeness (QED) is 0.166. The van der Waals surface area contributed by atoms with Gasteiger partial charge in [-0.25, -0.2) is 4.21 Å². The van der Waals surface area contributed by atoms with Crippen molar-refractivity contribution in [3.8, 4) is 5.75 Å². The maximum absolute atomic E-state index is 12.4. The minimum atomic E-state index is -2.45. The molecule has 0 bridgehead atoms. The zero-order valence-electron chi connectivity index (χ0n) is 14.9. The molecule has 0 saturated carbocycles. The first-order valence-corrected chi connectivity index (χ1v) is 8.96. The van der Waals surface area contributed by atoms with Gasteiger partial charge in [0.05, 0.1) is 0 Å². The third kappa shape index (κ3) is 8.50. The standard InChI is InChI=1S/C16H25N3O6S/c1-15(2,3)25-14(21)12(9-10-16(17,18)19-26(22)23)13(20)24-11-7-5-4-6-8-11/h4-8,12,19H,9-10,17-18H2,1-3H3,(H,22,23). The van der Waals surface area contributed by atoms with Gasteiger partial charge in [-0.1, -0.05) is 18.2 Å². The van der Waals surface area contributed by atoms with Gasteiger partial charge in [-0.15, -0.1) is 0 Å². The van der Waals surface area contributed by atoms with Crippen LogP contribution in [0.1, 0.15) is 33.6 Å². The van der Waals surface area contributed by atoms with E-state index in [1.54, 1.807) is 51.1 Å². The number of hydrogen-bond donors (Lipinski definition) is 4. The first kappa shape index (κ1) is 22.2. The van der Waals surface area contributed by atoms with E-state index in [9.17, 15) is 13.8 Å². The van der Waals surface area contributed by atoms with Crippen LogP contribution in [0.25, 0.3) is 0 Å². The molecule has 26 heavy (non-hydrogen) atoms. The molecular weight excluding hydrogens is 362 g/mol. The topological polar surface area (TPSA) is 154 Å². The molecule has 0 aliphatic carbocycles. The second-order valence-electron chi connectivity index (χ2n) is 6.75. The Labute approximate surface area is 154 Å². The van der Waals surface area contributed by atoms with E-state index in [0.717, 1.165) is 0 Å². The van der Waals surface area contributed by atoms with Gasteiger partial charge in [0.2, 0.25) is 11.3 Å². The normalized spacial score (nSPS) is 14.4. The molecule has 0 amide bonds. The molecule has 1 rings (SSSR count). The van der Waals surface area contributed by atoms with E-state index in [2.05, 4.69) is 0 Å². The van der Waals surface area contributed by atoms with Crippen molar-refractivity contribution in [2.75, 3.05) is 0 Å². The second kappa shape index (κ2) is 9.19. The van der Waals surface area contributed by atoms with E-state index in [1.165, 1.54) is 0 Å². The van der Waals surface area contributed by atoms with Gasteiger partial charge in [0.15, 0.2) is 5.92 Å². The third-order valence-electron chi connectivity index (χ3n) is 3.06. The molecule has 1 aromatic rings. The highest BCUT2D eigenvalue weighted by Gasteiger charge is 2.35. The van der Waals surface area contributed by atoms with E-state index in [4.69, 9.17) is 25.5 Å². The van der Waals surface area contributed by atoms with Crippen LogP contribution in [0.5, 0.6) is 5.75 Å². The van der Waals surface area contributed by atoms with Crippen LogP contribution in [0, 0.1) is 5.92 Å². The van der Waals surface area contributed by atoms with Crippen LogP contribution in [0.4, 0.5) is 0 Å². The van der Waals surface area contributed by atoms with Gasteiger partial charge in [-0.05, 0) is 45.7 Å². The van der Waals surface area contributed by atoms with Gasteiger partial charge in [0.25, 0.3) is 0 Å². The van der Waals surface area contributed by atoms with Crippen LogP contribution in [0.2, 0.25) is 0 Å². The Morgan fingerprint density at radius 2 is 1.77 bits per heavy atom. The predicted octanol–water partition coefficient (Wildman–Crippen LogP) is 0.628. The maximum atomic E-state index is 12.4. The summed E-state index contributed by atoms with van der Waals surface area (Å²) in [6.07, 6.45) is -0.301. The molecule has 0 aromatic heterocycles. The summed E-state index contributed by atoms with van der Waals surface area (Å²) in [7, 11) is 0. The van der Waals surface area contributed by atoms with E-state index in [-0.39, 0.29) is 18.6 Å². The van der Waals surface area contributed by atoms with Crippen LogP contribution in [-0.4, -0.2) is 32.1 Å². The van der Waals surface area contributed by atoms with Crippen LogP contribution in [-0.2, 0) is 25.6 Å². The Hall–Kier alpha value is -1.85. The average Bonchev–Trinajstić information content (AvgIpc) is 2.44. The lowest BCUT2D eigenvalue weighted by molar-refractivity contribution is -0.166. The molecule has 1 aromatic carbocycles. The zero-order chi connectivity index (χ0) is 20.0. The van der Waals surface area contributed by atoms with Crippen molar-refractivity contribution < 1.29 is 27.8 Å². The molecule has 6 N–H and O–H groups in total. The van der Waals surface area contributed by atoms with E-state index in [1.807, 2.05) is 4.72 Å². The van der Waals surface area contributed by atoms with Crippen molar-refractivity contribution >= 4 is 23.2 Å². The molecule has 10 heteroatoms. The average molecular weight is 387 g/mol. The number of nitrogens with one attached hydrogen (secondary N) is 1. The summed E-state index contributed by atoms with van der Waals surface area (Å²) in [6.45, 7) is 4.99. The van der Waals surface area contributed by atoms with Crippen molar-refractivity contribution in [3.05, 3.63) is 30.3 Å². The van der Waals surface area contributed by atoms with Crippen molar-refractivity contribution in [1.29, 1.82) is 0 Å². The van der Waals surface area contributed by atoms with Crippen molar-refractivity contribution in [2.24, 2.45) is 17.4 Å². The Balaban J connectivity index is 2.89. The van der Waals surface area contributed by atoms with Crippen LogP contribution >= 0.6 is 0 Å². The molecule has 2 atom stereocenters. The lowest BCUT2D eigenvalue weighted by Gasteiger charge is -2.27. The molecule has 0 aliphatic rings. The van der Waals surface area contributed by atoms with Gasteiger partial charge in [0, 0.05) is 0 Å². The number of nitrogens with two attached hydrogens (primary N) is 2. The molecule has 9 nitrogen and oxygen atoms in total. The highest BCUT2D eigenvalue weighted by atomic mass is 32.2. The molecular formula is C16H25N3O6S. The number of carbonyl (C=O) groups is 2. The Kier molecular flexibility index (Phi) is 7.85. The van der Waals surface area contributed by atoms with Gasteiger partial charge in [-0.2, -0.15) is 4.72 Å². The van der Waals surface area contributed by atoms with Gasteiger partial charge in [0.1, 0.15) is 17.1 Å². The fraction of sp³-hybridized carbons (Fsp3) is 0.500. The van der Waals surface area contributed by atoms with Crippen LogP contribution in [0.15, 0.2) is 30.3 Å². The van der Waals surface area contributed by atoms with Crippen molar-refractivity contribution in [2.45, 2.75) is 45.0 Å². The zero-order valence-corrected chi connectivity index (χ0v) is 15.7. The van der Waals surface area contributed by atoms with Crippen LogP contribution < -0.4 is 20.9 Å². The van der Waals surface area contributed by atoms with Gasteiger partial charge >= 0.3 is 11.9 Å². The molecule has 0 radical (unpaired) electrons. The minimum absolute atomic E-state index is 0.141. The number of hydrogen-bond acceptors (Lipinski definition) is 7. The first-order chi connectivity index (χ1) is 11.9. The monoisotopic (exact) mass is 387 g/mol.